The van der Waals surface area contributed by atoms with E-state index in [0.29, 0.717) is 0 Å². The highest BCUT2D eigenvalue weighted by atomic mass is 19.3. The number of hydrogen-bond acceptors (Lipinski definition) is 3. The number of carbonyl (C=O) groups excluding carboxylic acids is 2. The lowest BCUT2D eigenvalue weighted by atomic mass is 10.2. The van der Waals surface area contributed by atoms with Gasteiger partial charge in [0.05, 0.1) is 6.54 Å². The second-order valence-electron chi connectivity index (χ2n) is 2.87. The van der Waals surface area contributed by atoms with Crippen LogP contribution < -0.4 is 10.8 Å². The van der Waals surface area contributed by atoms with Gasteiger partial charge in [-0.2, -0.15) is 0 Å². The zero-order valence-electron chi connectivity index (χ0n) is 6.50. The van der Waals surface area contributed by atoms with Crippen molar-refractivity contribution in [3.8, 4) is 0 Å². The van der Waals surface area contributed by atoms with Crippen LogP contribution in [0.5, 0.6) is 0 Å². The number of rotatable bonds is 1. The number of halogens is 2. The van der Waals surface area contributed by atoms with Crippen LogP contribution in [0.4, 0.5) is 13.6 Å². The number of amides is 2. The summed E-state index contributed by atoms with van der Waals surface area (Å²) in [6, 6.07) is -1.47. The van der Waals surface area contributed by atoms with Gasteiger partial charge in [0, 0.05) is 6.42 Å². The Balaban J connectivity index is 2.83. The Morgan fingerprint density at radius 2 is 2.08 bits per heavy atom. The van der Waals surface area contributed by atoms with Gasteiger partial charge in [-0.15, -0.1) is 0 Å². The Kier molecular flexibility index (Phi) is 2.10. The van der Waals surface area contributed by atoms with Gasteiger partial charge in [0.25, 0.3) is 5.92 Å². The van der Waals surface area contributed by atoms with Crippen molar-refractivity contribution >= 4 is 12.0 Å². The molecule has 5 nitrogen and oxygen atoms in total. The molecule has 0 aromatic rings. The first kappa shape index (κ1) is 9.69. The van der Waals surface area contributed by atoms with E-state index in [1.165, 1.54) is 0 Å². The summed E-state index contributed by atoms with van der Waals surface area (Å²) < 4.78 is 25.2. The summed E-state index contributed by atoms with van der Waals surface area (Å²) in [4.78, 5) is 21.1. The topological polar surface area (TPSA) is 86.5 Å². The van der Waals surface area contributed by atoms with Gasteiger partial charge in [0.1, 0.15) is 12.1 Å². The Labute approximate surface area is 72.1 Å². The number of carboxylic acid groups (broad SMARTS) is 1. The van der Waals surface area contributed by atoms with Crippen LogP contribution in [0.2, 0.25) is 0 Å². The smallest absolute Gasteiger partial charge is 0.267 e. The van der Waals surface area contributed by atoms with Crippen molar-refractivity contribution in [2.45, 2.75) is 18.4 Å². The van der Waals surface area contributed by atoms with Gasteiger partial charge in [-0.3, -0.25) is 4.79 Å². The second kappa shape index (κ2) is 2.82. The fourth-order valence-electron chi connectivity index (χ4n) is 1.26. The molecule has 0 aromatic carbocycles. The standard InChI is InChI=1S/C6H8F2N2O3/c7-6(8)1-3(4(9)11)10(2-6)5(12)13/h3H,1-2H2,(H2,9,11)(H,12,13)/p-1/t3-/m0/s1. The van der Waals surface area contributed by atoms with Gasteiger partial charge >= 0.3 is 0 Å². The highest BCUT2D eigenvalue weighted by Crippen LogP contribution is 2.31. The third kappa shape index (κ3) is 1.85. The average Bonchev–Trinajstić information content (AvgIpc) is 2.26. The SMILES string of the molecule is NC(=O)[C@@H]1CC(F)(F)CN1C(=O)[O-]. The Morgan fingerprint density at radius 1 is 1.54 bits per heavy atom. The molecule has 2 amide bonds. The van der Waals surface area contributed by atoms with Crippen LogP contribution in [0.15, 0.2) is 0 Å². The number of alkyl halides is 2. The van der Waals surface area contributed by atoms with Crippen LogP contribution in [0, 0.1) is 0 Å². The van der Waals surface area contributed by atoms with E-state index in [1.54, 1.807) is 0 Å². The summed E-state index contributed by atoms with van der Waals surface area (Å²) >= 11 is 0. The maximum Gasteiger partial charge on any atom is 0.267 e. The molecule has 1 aliphatic rings. The monoisotopic (exact) mass is 193 g/mol. The molecule has 0 unspecified atom stereocenters. The van der Waals surface area contributed by atoms with E-state index >= 15 is 0 Å². The molecule has 1 atom stereocenters. The summed E-state index contributed by atoms with van der Waals surface area (Å²) in [5.41, 5.74) is 4.74. The molecule has 0 saturated carbocycles. The quantitative estimate of drug-likeness (QED) is 0.551. The molecule has 2 N–H and O–H groups in total. The van der Waals surface area contributed by atoms with Gasteiger partial charge in [0.2, 0.25) is 5.91 Å². The van der Waals surface area contributed by atoms with Crippen molar-refractivity contribution in [2.24, 2.45) is 5.73 Å². The minimum atomic E-state index is -3.19. The molecular formula is C6H7F2N2O3-. The number of carbonyl (C=O) groups is 2. The van der Waals surface area contributed by atoms with E-state index in [0.717, 1.165) is 0 Å². The summed E-state index contributed by atoms with van der Waals surface area (Å²) in [6.07, 6.45) is -2.67. The predicted octanol–water partition coefficient (Wildman–Crippen LogP) is -1.48. The third-order valence-corrected chi connectivity index (χ3v) is 1.83. The molecule has 0 bridgehead atoms. The number of primary amides is 1. The van der Waals surface area contributed by atoms with Crippen LogP contribution in [0.25, 0.3) is 0 Å². The highest BCUT2D eigenvalue weighted by molar-refractivity contribution is 5.84. The molecular weight excluding hydrogens is 186 g/mol. The number of likely N-dealkylation sites (tertiary alicyclic amines) is 1. The van der Waals surface area contributed by atoms with Crippen molar-refractivity contribution in [1.29, 1.82) is 0 Å². The highest BCUT2D eigenvalue weighted by Gasteiger charge is 2.47. The van der Waals surface area contributed by atoms with Crippen LogP contribution in [0.3, 0.4) is 0 Å². The van der Waals surface area contributed by atoms with E-state index in [-0.39, 0.29) is 4.90 Å². The zero-order chi connectivity index (χ0) is 10.2. The molecule has 13 heavy (non-hydrogen) atoms. The number of nitrogens with two attached hydrogens (primary N) is 1. The normalized spacial score (nSPS) is 26.0. The molecule has 74 valence electrons. The summed E-state index contributed by atoms with van der Waals surface area (Å²) in [5, 5.41) is 10.3. The summed E-state index contributed by atoms with van der Waals surface area (Å²) in [5.74, 6) is -4.28. The summed E-state index contributed by atoms with van der Waals surface area (Å²) in [7, 11) is 0. The molecule has 1 heterocycles. The Bertz CT molecular complexity index is 232. The van der Waals surface area contributed by atoms with Crippen molar-refractivity contribution < 1.29 is 23.5 Å². The average molecular weight is 193 g/mol. The van der Waals surface area contributed by atoms with Gasteiger partial charge in [-0.25, -0.2) is 8.78 Å². The van der Waals surface area contributed by atoms with E-state index < -0.39 is 36.9 Å². The first-order valence-electron chi connectivity index (χ1n) is 3.48. The number of hydrogen-bond donors (Lipinski definition) is 1. The molecule has 1 saturated heterocycles. The first-order chi connectivity index (χ1) is 5.83. The van der Waals surface area contributed by atoms with Crippen LogP contribution in [-0.4, -0.2) is 35.4 Å². The van der Waals surface area contributed by atoms with Crippen LogP contribution in [-0.2, 0) is 4.79 Å². The van der Waals surface area contributed by atoms with Crippen molar-refractivity contribution in [3.63, 3.8) is 0 Å². The lowest BCUT2D eigenvalue weighted by Gasteiger charge is -2.23. The van der Waals surface area contributed by atoms with Crippen LogP contribution in [0.1, 0.15) is 6.42 Å². The van der Waals surface area contributed by atoms with E-state index in [9.17, 15) is 23.5 Å². The van der Waals surface area contributed by atoms with Crippen molar-refractivity contribution in [1.82, 2.24) is 4.90 Å². The van der Waals surface area contributed by atoms with Gasteiger partial charge in [0.15, 0.2) is 0 Å². The maximum absolute atomic E-state index is 12.6. The maximum atomic E-state index is 12.6. The fraction of sp³-hybridized carbons (Fsp3) is 0.667. The fourth-order valence-corrected chi connectivity index (χ4v) is 1.26. The molecule has 1 aliphatic heterocycles. The second-order valence-corrected chi connectivity index (χ2v) is 2.87. The van der Waals surface area contributed by atoms with E-state index in [2.05, 4.69) is 0 Å². The molecule has 0 spiro atoms. The lowest BCUT2D eigenvalue weighted by Crippen LogP contribution is -2.49. The zero-order valence-corrected chi connectivity index (χ0v) is 6.50. The largest absolute Gasteiger partial charge is 0.530 e. The molecule has 1 fully saturated rings. The minimum Gasteiger partial charge on any atom is -0.530 e. The van der Waals surface area contributed by atoms with E-state index in [4.69, 9.17) is 5.73 Å². The third-order valence-electron chi connectivity index (χ3n) is 1.83. The van der Waals surface area contributed by atoms with Crippen LogP contribution >= 0.6 is 0 Å². The summed E-state index contributed by atoms with van der Waals surface area (Å²) in [6.45, 7) is -1.02. The van der Waals surface area contributed by atoms with Gasteiger partial charge in [-0.05, 0) is 0 Å². The number of nitrogens with zero attached hydrogens (tertiary/aromatic N) is 1. The predicted molar refractivity (Wildman–Crippen MR) is 34.6 cm³/mol. The van der Waals surface area contributed by atoms with Gasteiger partial charge < -0.3 is 20.5 Å². The molecule has 0 aliphatic carbocycles. The van der Waals surface area contributed by atoms with Gasteiger partial charge in [-0.1, -0.05) is 0 Å². The van der Waals surface area contributed by atoms with E-state index in [1.807, 2.05) is 0 Å². The molecule has 1 rings (SSSR count). The Hall–Kier alpha value is -1.40. The Morgan fingerprint density at radius 3 is 2.38 bits per heavy atom. The van der Waals surface area contributed by atoms with Crippen molar-refractivity contribution in [3.05, 3.63) is 0 Å². The molecule has 7 heteroatoms. The van der Waals surface area contributed by atoms with Crippen molar-refractivity contribution in [2.75, 3.05) is 6.54 Å². The lowest BCUT2D eigenvalue weighted by molar-refractivity contribution is -0.267. The molecule has 0 radical (unpaired) electrons. The minimum absolute atomic E-state index is 0.252. The molecule has 0 aromatic heterocycles. The first-order valence-corrected chi connectivity index (χ1v) is 3.48.